The van der Waals surface area contributed by atoms with Crippen molar-refractivity contribution in [2.45, 2.75) is 16.7 Å². The van der Waals surface area contributed by atoms with Crippen molar-refractivity contribution in [3.8, 4) is 0 Å². The molecule has 0 aromatic carbocycles. The molecule has 0 aliphatic carbocycles. The van der Waals surface area contributed by atoms with Crippen molar-refractivity contribution in [1.29, 1.82) is 0 Å². The Labute approximate surface area is 130 Å². The number of sulfonamides is 1. The van der Waals surface area contributed by atoms with E-state index in [9.17, 15) is 8.42 Å². The molecule has 0 spiro atoms. The Morgan fingerprint density at radius 2 is 2.29 bits per heavy atom. The van der Waals surface area contributed by atoms with Gasteiger partial charge in [0.2, 0.25) is 10.0 Å². The molecular weight excluding hydrogens is 310 g/mol. The van der Waals surface area contributed by atoms with Crippen LogP contribution in [0, 0.1) is 0 Å². The maximum Gasteiger partial charge on any atom is 0.250 e. The van der Waals surface area contributed by atoms with Gasteiger partial charge in [-0.05, 0) is 39.2 Å². The number of ether oxygens (including phenoxy) is 1. The van der Waals surface area contributed by atoms with Crippen LogP contribution in [0.1, 0.15) is 4.88 Å². The van der Waals surface area contributed by atoms with Crippen LogP contribution in [-0.2, 0) is 21.2 Å². The summed E-state index contributed by atoms with van der Waals surface area (Å²) in [6, 6.07) is 3.55. The Bertz CT molecular complexity index is 545. The number of likely N-dealkylation sites (N-methyl/N-ethyl adjacent to an activating group) is 2. The lowest BCUT2D eigenvalue weighted by molar-refractivity contribution is -0.0156. The van der Waals surface area contributed by atoms with Gasteiger partial charge in [-0.1, -0.05) is 0 Å². The van der Waals surface area contributed by atoms with E-state index in [0.29, 0.717) is 17.4 Å². The molecule has 0 saturated carbocycles. The SMILES string of the molecule is CNCCc1ccc(S(=O)(=O)NCC2CN(C)CCO2)s1. The highest BCUT2D eigenvalue weighted by Crippen LogP contribution is 2.21. The van der Waals surface area contributed by atoms with Gasteiger partial charge >= 0.3 is 0 Å². The summed E-state index contributed by atoms with van der Waals surface area (Å²) >= 11 is 1.33. The van der Waals surface area contributed by atoms with Crippen LogP contribution in [0.25, 0.3) is 0 Å². The van der Waals surface area contributed by atoms with Crippen molar-refractivity contribution in [1.82, 2.24) is 14.9 Å². The highest BCUT2D eigenvalue weighted by Gasteiger charge is 2.22. The fourth-order valence-electron chi connectivity index (χ4n) is 2.15. The average molecular weight is 333 g/mol. The number of hydrogen-bond donors (Lipinski definition) is 2. The summed E-state index contributed by atoms with van der Waals surface area (Å²) in [6.07, 6.45) is 0.759. The van der Waals surface area contributed by atoms with Gasteiger partial charge in [0.1, 0.15) is 4.21 Å². The van der Waals surface area contributed by atoms with Gasteiger partial charge in [0.25, 0.3) is 0 Å². The highest BCUT2D eigenvalue weighted by atomic mass is 32.2. The summed E-state index contributed by atoms with van der Waals surface area (Å²) in [7, 11) is 0.462. The molecular formula is C13H23N3O3S2. The molecule has 8 heteroatoms. The second-order valence-electron chi connectivity index (χ2n) is 5.18. The molecule has 2 N–H and O–H groups in total. The lowest BCUT2D eigenvalue weighted by atomic mass is 10.3. The minimum Gasteiger partial charge on any atom is -0.374 e. The first-order valence-electron chi connectivity index (χ1n) is 7.04. The number of nitrogens with one attached hydrogen (secondary N) is 2. The summed E-state index contributed by atoms with van der Waals surface area (Å²) in [5.41, 5.74) is 0. The molecule has 120 valence electrons. The zero-order chi connectivity index (χ0) is 15.3. The standard InChI is InChI=1S/C13H23N3O3S2/c1-14-6-5-12-3-4-13(20-12)21(17,18)15-9-11-10-16(2)7-8-19-11/h3-4,11,14-15H,5-10H2,1-2H3. The molecule has 1 aromatic rings. The van der Waals surface area contributed by atoms with E-state index >= 15 is 0 Å². The molecule has 0 bridgehead atoms. The third-order valence-corrected chi connectivity index (χ3v) is 6.43. The maximum absolute atomic E-state index is 12.3. The molecule has 2 heterocycles. The van der Waals surface area contributed by atoms with E-state index in [1.54, 1.807) is 6.07 Å². The van der Waals surface area contributed by atoms with Crippen molar-refractivity contribution in [3.63, 3.8) is 0 Å². The molecule has 1 atom stereocenters. The van der Waals surface area contributed by atoms with Crippen LogP contribution in [-0.4, -0.2) is 66.3 Å². The average Bonchev–Trinajstić information content (AvgIpc) is 2.93. The summed E-state index contributed by atoms with van der Waals surface area (Å²) in [5.74, 6) is 0. The molecule has 1 unspecified atom stereocenters. The van der Waals surface area contributed by atoms with E-state index in [1.165, 1.54) is 11.3 Å². The van der Waals surface area contributed by atoms with Crippen LogP contribution in [0.3, 0.4) is 0 Å². The van der Waals surface area contributed by atoms with Crippen molar-refractivity contribution in [3.05, 3.63) is 17.0 Å². The Kier molecular flexibility index (Phi) is 6.15. The van der Waals surface area contributed by atoms with Gasteiger partial charge in [-0.15, -0.1) is 11.3 Å². The third-order valence-electron chi connectivity index (χ3n) is 3.37. The molecule has 1 fully saturated rings. The van der Waals surface area contributed by atoms with E-state index in [-0.39, 0.29) is 6.10 Å². The van der Waals surface area contributed by atoms with Gasteiger partial charge in [0.15, 0.2) is 0 Å². The van der Waals surface area contributed by atoms with Crippen molar-refractivity contribution >= 4 is 21.4 Å². The van der Waals surface area contributed by atoms with Gasteiger partial charge in [-0.2, -0.15) is 0 Å². The van der Waals surface area contributed by atoms with Crippen molar-refractivity contribution in [2.24, 2.45) is 0 Å². The predicted octanol–water partition coefficient (Wildman–Crippen LogP) is 0.119. The molecule has 1 aliphatic rings. The zero-order valence-corrected chi connectivity index (χ0v) is 14.1. The maximum atomic E-state index is 12.3. The zero-order valence-electron chi connectivity index (χ0n) is 12.5. The first kappa shape index (κ1) is 16.9. The van der Waals surface area contributed by atoms with Crippen LogP contribution in [0.2, 0.25) is 0 Å². The summed E-state index contributed by atoms with van der Waals surface area (Å²) in [5, 5.41) is 3.06. The van der Waals surface area contributed by atoms with E-state index in [0.717, 1.165) is 30.9 Å². The number of hydrogen-bond acceptors (Lipinski definition) is 6. The Morgan fingerprint density at radius 3 is 3.00 bits per heavy atom. The molecule has 0 amide bonds. The molecule has 1 aromatic heterocycles. The predicted molar refractivity (Wildman–Crippen MR) is 84.4 cm³/mol. The van der Waals surface area contributed by atoms with Crippen LogP contribution >= 0.6 is 11.3 Å². The monoisotopic (exact) mass is 333 g/mol. The second-order valence-corrected chi connectivity index (χ2v) is 8.34. The fourth-order valence-corrected chi connectivity index (χ4v) is 4.62. The smallest absolute Gasteiger partial charge is 0.250 e. The van der Waals surface area contributed by atoms with Gasteiger partial charge in [-0.25, -0.2) is 13.1 Å². The van der Waals surface area contributed by atoms with Crippen LogP contribution in [0.5, 0.6) is 0 Å². The lowest BCUT2D eigenvalue weighted by Crippen LogP contribution is -2.45. The molecule has 1 aliphatic heterocycles. The van der Waals surface area contributed by atoms with E-state index in [2.05, 4.69) is 14.9 Å². The normalized spacial score (nSPS) is 20.8. The van der Waals surface area contributed by atoms with E-state index in [4.69, 9.17) is 4.74 Å². The van der Waals surface area contributed by atoms with Gasteiger partial charge in [0, 0.05) is 24.5 Å². The molecule has 2 rings (SSSR count). The van der Waals surface area contributed by atoms with Crippen LogP contribution in [0.15, 0.2) is 16.3 Å². The van der Waals surface area contributed by atoms with Gasteiger partial charge in [0.05, 0.1) is 12.7 Å². The number of rotatable bonds is 7. The largest absolute Gasteiger partial charge is 0.374 e. The Morgan fingerprint density at radius 1 is 1.48 bits per heavy atom. The summed E-state index contributed by atoms with van der Waals surface area (Å²) in [4.78, 5) is 3.21. The highest BCUT2D eigenvalue weighted by molar-refractivity contribution is 7.91. The third kappa shape index (κ3) is 5.01. The first-order chi connectivity index (χ1) is 10.0. The topological polar surface area (TPSA) is 70.7 Å². The molecule has 21 heavy (non-hydrogen) atoms. The van der Waals surface area contributed by atoms with Crippen LogP contribution < -0.4 is 10.0 Å². The second kappa shape index (κ2) is 7.66. The quantitative estimate of drug-likeness (QED) is 0.742. The Balaban J connectivity index is 1.90. The summed E-state index contributed by atoms with van der Waals surface area (Å²) in [6.45, 7) is 3.45. The minimum atomic E-state index is -3.43. The van der Waals surface area contributed by atoms with E-state index < -0.39 is 10.0 Å². The molecule has 0 radical (unpaired) electrons. The van der Waals surface area contributed by atoms with Gasteiger partial charge in [-0.3, -0.25) is 0 Å². The first-order valence-corrected chi connectivity index (χ1v) is 9.34. The fraction of sp³-hybridized carbons (Fsp3) is 0.692. The number of thiophene rings is 1. The lowest BCUT2D eigenvalue weighted by Gasteiger charge is -2.29. The minimum absolute atomic E-state index is 0.0813. The Hall–Kier alpha value is -0.510. The van der Waals surface area contributed by atoms with Crippen molar-refractivity contribution in [2.75, 3.05) is 46.9 Å². The number of morpholine rings is 1. The molecule has 1 saturated heterocycles. The van der Waals surface area contributed by atoms with Crippen LogP contribution in [0.4, 0.5) is 0 Å². The number of nitrogens with zero attached hydrogens (tertiary/aromatic N) is 1. The van der Waals surface area contributed by atoms with Crippen molar-refractivity contribution < 1.29 is 13.2 Å². The summed E-state index contributed by atoms with van der Waals surface area (Å²) < 4.78 is 33.1. The molecule has 6 nitrogen and oxygen atoms in total. The van der Waals surface area contributed by atoms with Gasteiger partial charge < -0.3 is 15.0 Å². The van der Waals surface area contributed by atoms with E-state index in [1.807, 2.05) is 20.2 Å².